The van der Waals surface area contributed by atoms with Crippen molar-refractivity contribution in [3.05, 3.63) is 40.8 Å². The summed E-state index contributed by atoms with van der Waals surface area (Å²) in [6.45, 7) is 5.17. The van der Waals surface area contributed by atoms with Gasteiger partial charge in [0.2, 0.25) is 0 Å². The van der Waals surface area contributed by atoms with E-state index < -0.39 is 0 Å². The van der Waals surface area contributed by atoms with E-state index in [0.29, 0.717) is 5.56 Å². The van der Waals surface area contributed by atoms with Crippen LogP contribution in [0.4, 0.5) is 0 Å². The van der Waals surface area contributed by atoms with Gasteiger partial charge in [-0.25, -0.2) is 4.98 Å². The Morgan fingerprint density at radius 3 is 2.85 bits per heavy atom. The van der Waals surface area contributed by atoms with Crippen LogP contribution in [-0.4, -0.2) is 9.55 Å². The molecule has 0 aliphatic heterocycles. The van der Waals surface area contributed by atoms with E-state index in [1.165, 1.54) is 10.4 Å². The molecule has 3 nitrogen and oxygen atoms in total. The molecule has 0 spiro atoms. The highest BCUT2D eigenvalue weighted by molar-refractivity contribution is 7.13. The number of nitriles is 1. The molecule has 0 saturated heterocycles. The molecule has 0 bridgehead atoms. The monoisotopic (exact) mass is 281 g/mol. The van der Waals surface area contributed by atoms with Gasteiger partial charge in [0.05, 0.1) is 27.5 Å². The Morgan fingerprint density at radius 2 is 2.15 bits per heavy atom. The van der Waals surface area contributed by atoms with Crippen molar-refractivity contribution < 1.29 is 0 Å². The van der Waals surface area contributed by atoms with Gasteiger partial charge in [0.25, 0.3) is 0 Å². The lowest BCUT2D eigenvalue weighted by molar-refractivity contribution is 0.797. The molecule has 0 saturated carbocycles. The second-order valence-electron chi connectivity index (χ2n) is 4.62. The summed E-state index contributed by atoms with van der Waals surface area (Å²) >= 11 is 1.73. The van der Waals surface area contributed by atoms with E-state index >= 15 is 0 Å². The standard InChI is InChI=1S/C16H15N3S/c1-3-12-7-8-20-15(12)16-18-13-9-11(10-17)5-6-14(13)19(16)4-2/h5-9H,3-4H2,1-2H3. The maximum Gasteiger partial charge on any atom is 0.151 e. The number of hydrogen-bond acceptors (Lipinski definition) is 3. The Hall–Kier alpha value is -2.12. The molecular weight excluding hydrogens is 266 g/mol. The van der Waals surface area contributed by atoms with Gasteiger partial charge >= 0.3 is 0 Å². The molecule has 3 rings (SSSR count). The van der Waals surface area contributed by atoms with Gasteiger partial charge in [0.15, 0.2) is 5.82 Å². The third kappa shape index (κ3) is 1.91. The van der Waals surface area contributed by atoms with Gasteiger partial charge in [-0.3, -0.25) is 0 Å². The van der Waals surface area contributed by atoms with Crippen molar-refractivity contribution in [3.63, 3.8) is 0 Å². The summed E-state index contributed by atoms with van der Waals surface area (Å²) in [7, 11) is 0. The molecule has 2 heterocycles. The topological polar surface area (TPSA) is 41.6 Å². The number of benzene rings is 1. The fraction of sp³-hybridized carbons (Fsp3) is 0.250. The number of rotatable bonds is 3. The Bertz CT molecular complexity index is 805. The number of thiophene rings is 1. The first-order chi connectivity index (χ1) is 9.78. The van der Waals surface area contributed by atoms with Crippen molar-refractivity contribution in [2.45, 2.75) is 26.8 Å². The van der Waals surface area contributed by atoms with E-state index in [1.54, 1.807) is 11.3 Å². The van der Waals surface area contributed by atoms with Crippen LogP contribution in [0.25, 0.3) is 21.7 Å². The van der Waals surface area contributed by atoms with E-state index in [0.717, 1.165) is 29.8 Å². The predicted octanol–water partition coefficient (Wildman–Crippen LogP) is 4.22. The first-order valence-electron chi connectivity index (χ1n) is 6.75. The Morgan fingerprint density at radius 1 is 1.30 bits per heavy atom. The molecule has 3 aromatic rings. The quantitative estimate of drug-likeness (QED) is 0.721. The van der Waals surface area contributed by atoms with Gasteiger partial charge in [-0.1, -0.05) is 6.92 Å². The largest absolute Gasteiger partial charge is 0.324 e. The molecule has 0 atom stereocenters. The van der Waals surface area contributed by atoms with Crippen molar-refractivity contribution in [1.29, 1.82) is 5.26 Å². The van der Waals surface area contributed by atoms with Gasteiger partial charge in [-0.2, -0.15) is 5.26 Å². The van der Waals surface area contributed by atoms with Crippen molar-refractivity contribution >= 4 is 22.4 Å². The summed E-state index contributed by atoms with van der Waals surface area (Å²) in [5.41, 5.74) is 3.99. The number of hydrogen-bond donors (Lipinski definition) is 0. The molecule has 0 aliphatic rings. The molecular formula is C16H15N3S. The maximum absolute atomic E-state index is 9.01. The van der Waals surface area contributed by atoms with E-state index in [1.807, 2.05) is 18.2 Å². The highest BCUT2D eigenvalue weighted by Gasteiger charge is 2.15. The fourth-order valence-electron chi connectivity index (χ4n) is 2.50. The molecule has 0 aliphatic carbocycles. The third-order valence-corrected chi connectivity index (χ3v) is 4.48. The van der Waals surface area contributed by atoms with Crippen LogP contribution in [0.15, 0.2) is 29.6 Å². The Kier molecular flexibility index (Phi) is 3.29. The first-order valence-corrected chi connectivity index (χ1v) is 7.63. The summed E-state index contributed by atoms with van der Waals surface area (Å²) in [6, 6.07) is 10.1. The summed E-state index contributed by atoms with van der Waals surface area (Å²) in [5.74, 6) is 1.02. The first kappa shape index (κ1) is 12.9. The van der Waals surface area contributed by atoms with Gasteiger partial charge in [0, 0.05) is 6.54 Å². The van der Waals surface area contributed by atoms with Crippen molar-refractivity contribution in [2.24, 2.45) is 0 Å². The molecule has 20 heavy (non-hydrogen) atoms. The van der Waals surface area contributed by atoms with Crippen molar-refractivity contribution in [1.82, 2.24) is 9.55 Å². The predicted molar refractivity (Wildman–Crippen MR) is 82.8 cm³/mol. The lowest BCUT2D eigenvalue weighted by atomic mass is 10.2. The normalized spacial score (nSPS) is 10.8. The maximum atomic E-state index is 9.01. The number of nitrogens with zero attached hydrogens (tertiary/aromatic N) is 3. The minimum absolute atomic E-state index is 0.659. The van der Waals surface area contributed by atoms with Crippen molar-refractivity contribution in [3.8, 4) is 16.8 Å². The fourth-order valence-corrected chi connectivity index (χ4v) is 3.50. The zero-order valence-electron chi connectivity index (χ0n) is 11.6. The van der Waals surface area contributed by atoms with Crippen LogP contribution >= 0.6 is 11.3 Å². The van der Waals surface area contributed by atoms with Crippen LogP contribution in [0.5, 0.6) is 0 Å². The SMILES string of the molecule is CCc1ccsc1-c1nc2cc(C#N)ccc2n1CC. The number of aryl methyl sites for hydroxylation is 2. The molecule has 0 N–H and O–H groups in total. The van der Waals surface area contributed by atoms with Gasteiger partial charge in [0.1, 0.15) is 0 Å². The van der Waals surface area contributed by atoms with Crippen LogP contribution in [0.2, 0.25) is 0 Å². The molecule has 0 radical (unpaired) electrons. The molecule has 1 aromatic carbocycles. The van der Waals surface area contributed by atoms with Crippen LogP contribution < -0.4 is 0 Å². The zero-order chi connectivity index (χ0) is 14.1. The van der Waals surface area contributed by atoms with Gasteiger partial charge < -0.3 is 4.57 Å². The summed E-state index contributed by atoms with van der Waals surface area (Å²) < 4.78 is 2.22. The average molecular weight is 281 g/mol. The minimum Gasteiger partial charge on any atom is -0.324 e. The van der Waals surface area contributed by atoms with E-state index in [-0.39, 0.29) is 0 Å². The lowest BCUT2D eigenvalue weighted by Gasteiger charge is -2.06. The molecule has 0 fully saturated rings. The van der Waals surface area contributed by atoms with Crippen LogP contribution in [0, 0.1) is 11.3 Å². The number of aromatic nitrogens is 2. The van der Waals surface area contributed by atoms with Crippen LogP contribution in [-0.2, 0) is 13.0 Å². The third-order valence-electron chi connectivity index (χ3n) is 3.52. The summed E-state index contributed by atoms with van der Waals surface area (Å²) in [6.07, 6.45) is 1.01. The highest BCUT2D eigenvalue weighted by atomic mass is 32.1. The number of fused-ring (bicyclic) bond motifs is 1. The second-order valence-corrected chi connectivity index (χ2v) is 5.54. The van der Waals surface area contributed by atoms with E-state index in [9.17, 15) is 0 Å². The average Bonchev–Trinajstić information content (AvgIpc) is 3.09. The zero-order valence-corrected chi connectivity index (χ0v) is 12.4. The van der Waals surface area contributed by atoms with Crippen molar-refractivity contribution in [2.75, 3.05) is 0 Å². The Labute approximate surface area is 122 Å². The molecule has 2 aromatic heterocycles. The summed E-state index contributed by atoms with van der Waals surface area (Å²) in [5, 5.41) is 11.1. The molecule has 0 amide bonds. The molecule has 0 unspecified atom stereocenters. The van der Waals surface area contributed by atoms with Gasteiger partial charge in [-0.05, 0) is 48.6 Å². The van der Waals surface area contributed by atoms with Crippen LogP contribution in [0.1, 0.15) is 25.0 Å². The Balaban J connectivity index is 2.28. The summed E-state index contributed by atoms with van der Waals surface area (Å²) in [4.78, 5) is 6.01. The highest BCUT2D eigenvalue weighted by Crippen LogP contribution is 2.32. The smallest absolute Gasteiger partial charge is 0.151 e. The van der Waals surface area contributed by atoms with Crippen LogP contribution in [0.3, 0.4) is 0 Å². The van der Waals surface area contributed by atoms with E-state index in [4.69, 9.17) is 10.2 Å². The molecule has 4 heteroatoms. The molecule has 100 valence electrons. The second kappa shape index (κ2) is 5.10. The minimum atomic E-state index is 0.659. The lowest BCUT2D eigenvalue weighted by Crippen LogP contribution is -1.97. The van der Waals surface area contributed by atoms with Gasteiger partial charge in [-0.15, -0.1) is 11.3 Å². The number of imidazole rings is 1. The van der Waals surface area contributed by atoms with E-state index in [2.05, 4.69) is 35.9 Å².